The Hall–Kier alpha value is -2.91. The fourth-order valence-electron chi connectivity index (χ4n) is 2.80. The molecule has 0 unspecified atom stereocenters. The van der Waals surface area contributed by atoms with Gasteiger partial charge in [0.15, 0.2) is 0 Å². The van der Waals surface area contributed by atoms with Gasteiger partial charge >= 0.3 is 11.7 Å². The van der Waals surface area contributed by atoms with Crippen LogP contribution in [0, 0.1) is 6.92 Å². The van der Waals surface area contributed by atoms with Gasteiger partial charge < -0.3 is 19.3 Å². The molecule has 27 heavy (non-hydrogen) atoms. The number of aryl methyl sites for hydroxylation is 1. The molecule has 0 bridgehead atoms. The maximum absolute atomic E-state index is 12.1. The summed E-state index contributed by atoms with van der Waals surface area (Å²) in [5.41, 5.74) is -0.409. The maximum Gasteiger partial charge on any atom is 0.338 e. The molecule has 1 aliphatic rings. The number of aliphatic hydroxyl groups is 1. The normalized spacial score (nSPS) is 21.8. The minimum Gasteiger partial charge on any atom is -0.497 e. The molecule has 3 rings (SSSR count). The summed E-state index contributed by atoms with van der Waals surface area (Å²) in [5, 5.41) is 10.2. The lowest BCUT2D eigenvalue weighted by Gasteiger charge is -2.16. The van der Waals surface area contributed by atoms with E-state index in [1.165, 1.54) is 17.9 Å². The smallest absolute Gasteiger partial charge is 0.338 e. The standard InChI is InChI=1S/C18H20N2O7/c1-10-8-20(18(24)19-16(10)22)15-7-13(21)14(27-15)9-26-17(23)11-3-5-12(25-2)6-4-11/h3-6,8,13-15,21H,7,9H2,1-2H3,(H,19,22,24)/t13-,14-,15-/m1/s1. The summed E-state index contributed by atoms with van der Waals surface area (Å²) in [7, 11) is 1.53. The molecule has 1 fully saturated rings. The third kappa shape index (κ3) is 4.09. The van der Waals surface area contributed by atoms with Crippen molar-refractivity contribution < 1.29 is 24.1 Å². The summed E-state index contributed by atoms with van der Waals surface area (Å²) in [4.78, 5) is 37.7. The summed E-state index contributed by atoms with van der Waals surface area (Å²) < 4.78 is 17.1. The van der Waals surface area contributed by atoms with E-state index in [2.05, 4.69) is 4.98 Å². The van der Waals surface area contributed by atoms with Crippen molar-refractivity contribution in [1.29, 1.82) is 0 Å². The van der Waals surface area contributed by atoms with Gasteiger partial charge in [-0.1, -0.05) is 0 Å². The molecule has 2 heterocycles. The number of aliphatic hydroxyl groups excluding tert-OH is 1. The average molecular weight is 376 g/mol. The molecule has 144 valence electrons. The van der Waals surface area contributed by atoms with Gasteiger partial charge in [0, 0.05) is 18.2 Å². The summed E-state index contributed by atoms with van der Waals surface area (Å²) in [6, 6.07) is 6.41. The largest absolute Gasteiger partial charge is 0.497 e. The van der Waals surface area contributed by atoms with Gasteiger partial charge in [-0.25, -0.2) is 9.59 Å². The number of benzene rings is 1. The Labute approximate surface area is 154 Å². The first kappa shape index (κ1) is 18.9. The van der Waals surface area contributed by atoms with Crippen molar-refractivity contribution in [2.24, 2.45) is 0 Å². The fraction of sp³-hybridized carbons (Fsp3) is 0.389. The number of hydrogen-bond acceptors (Lipinski definition) is 7. The second-order valence-corrected chi connectivity index (χ2v) is 6.24. The quantitative estimate of drug-likeness (QED) is 0.723. The van der Waals surface area contributed by atoms with Crippen LogP contribution in [0.4, 0.5) is 0 Å². The Morgan fingerprint density at radius 3 is 2.70 bits per heavy atom. The van der Waals surface area contributed by atoms with Crippen molar-refractivity contribution in [1.82, 2.24) is 9.55 Å². The highest BCUT2D eigenvalue weighted by Gasteiger charge is 2.36. The molecule has 0 saturated carbocycles. The van der Waals surface area contributed by atoms with Crippen molar-refractivity contribution in [3.05, 3.63) is 62.4 Å². The van der Waals surface area contributed by atoms with Gasteiger partial charge in [-0.2, -0.15) is 0 Å². The van der Waals surface area contributed by atoms with Gasteiger partial charge in [0.05, 0.1) is 18.8 Å². The number of aromatic nitrogens is 2. The number of ether oxygens (including phenoxy) is 3. The first-order valence-electron chi connectivity index (χ1n) is 8.36. The molecule has 1 aliphatic heterocycles. The minimum absolute atomic E-state index is 0.135. The second kappa shape index (κ2) is 7.77. The van der Waals surface area contributed by atoms with Crippen molar-refractivity contribution >= 4 is 5.97 Å². The lowest BCUT2D eigenvalue weighted by Crippen LogP contribution is -2.33. The van der Waals surface area contributed by atoms with Crippen LogP contribution in [0.15, 0.2) is 40.1 Å². The first-order valence-corrected chi connectivity index (χ1v) is 8.36. The highest BCUT2D eigenvalue weighted by atomic mass is 16.6. The third-order valence-corrected chi connectivity index (χ3v) is 4.36. The average Bonchev–Trinajstić information content (AvgIpc) is 3.03. The number of nitrogens with zero attached hydrogens (tertiary/aromatic N) is 1. The molecule has 1 aromatic heterocycles. The van der Waals surface area contributed by atoms with Crippen LogP contribution in [0.25, 0.3) is 0 Å². The first-order chi connectivity index (χ1) is 12.9. The summed E-state index contributed by atoms with van der Waals surface area (Å²) >= 11 is 0. The number of hydrogen-bond donors (Lipinski definition) is 2. The molecule has 9 nitrogen and oxygen atoms in total. The van der Waals surface area contributed by atoms with E-state index in [1.807, 2.05) is 0 Å². The van der Waals surface area contributed by atoms with Gasteiger partial charge in [-0.05, 0) is 31.2 Å². The molecule has 2 aromatic rings. The molecule has 1 saturated heterocycles. The number of rotatable bonds is 5. The zero-order valence-corrected chi connectivity index (χ0v) is 14.9. The second-order valence-electron chi connectivity index (χ2n) is 6.24. The highest BCUT2D eigenvalue weighted by molar-refractivity contribution is 5.89. The lowest BCUT2D eigenvalue weighted by molar-refractivity contribution is -0.0532. The number of carbonyl (C=O) groups is 1. The molecule has 9 heteroatoms. The highest BCUT2D eigenvalue weighted by Crippen LogP contribution is 2.28. The number of aromatic amines is 1. The molecule has 1 aromatic carbocycles. The van der Waals surface area contributed by atoms with Gasteiger partial charge in [0.2, 0.25) is 0 Å². The summed E-state index contributed by atoms with van der Waals surface area (Å²) in [6.07, 6.45) is -0.942. The Morgan fingerprint density at radius 1 is 1.33 bits per heavy atom. The Morgan fingerprint density at radius 2 is 2.04 bits per heavy atom. The van der Waals surface area contributed by atoms with Crippen LogP contribution in [0.2, 0.25) is 0 Å². The van der Waals surface area contributed by atoms with Crippen LogP contribution in [0.5, 0.6) is 5.75 Å². The van der Waals surface area contributed by atoms with Crippen molar-refractivity contribution in [2.75, 3.05) is 13.7 Å². The van der Waals surface area contributed by atoms with E-state index in [4.69, 9.17) is 14.2 Å². The van der Waals surface area contributed by atoms with Crippen LogP contribution in [0.3, 0.4) is 0 Å². The van der Waals surface area contributed by atoms with Gasteiger partial charge in [-0.15, -0.1) is 0 Å². The van der Waals surface area contributed by atoms with Gasteiger partial charge in [-0.3, -0.25) is 14.3 Å². The van der Waals surface area contributed by atoms with Crippen LogP contribution in [-0.4, -0.2) is 46.6 Å². The number of carbonyl (C=O) groups excluding carboxylic acids is 1. The minimum atomic E-state index is -0.919. The van der Waals surface area contributed by atoms with E-state index in [-0.39, 0.29) is 13.0 Å². The number of methoxy groups -OCH3 is 1. The third-order valence-electron chi connectivity index (χ3n) is 4.36. The van der Waals surface area contributed by atoms with Gasteiger partial charge in [0.25, 0.3) is 5.56 Å². The fourth-order valence-corrected chi connectivity index (χ4v) is 2.80. The predicted molar refractivity (Wildman–Crippen MR) is 93.9 cm³/mol. The van der Waals surface area contributed by atoms with Crippen molar-refractivity contribution in [3.8, 4) is 5.75 Å². The van der Waals surface area contributed by atoms with E-state index < -0.39 is 35.7 Å². The molecule has 3 atom stereocenters. The molecule has 0 radical (unpaired) electrons. The van der Waals surface area contributed by atoms with E-state index in [9.17, 15) is 19.5 Å². The van der Waals surface area contributed by atoms with Crippen molar-refractivity contribution in [3.63, 3.8) is 0 Å². The van der Waals surface area contributed by atoms with Crippen molar-refractivity contribution in [2.45, 2.75) is 31.8 Å². The topological polar surface area (TPSA) is 120 Å². The van der Waals surface area contributed by atoms with Crippen LogP contribution < -0.4 is 16.0 Å². The Kier molecular flexibility index (Phi) is 5.43. The molecular weight excluding hydrogens is 356 g/mol. The molecule has 2 N–H and O–H groups in total. The number of esters is 1. The zero-order chi connectivity index (χ0) is 19.6. The van der Waals surface area contributed by atoms with Crippen LogP contribution in [0.1, 0.15) is 28.6 Å². The molecule has 0 spiro atoms. The Balaban J connectivity index is 1.63. The zero-order valence-electron chi connectivity index (χ0n) is 14.9. The van der Waals surface area contributed by atoms with E-state index in [0.29, 0.717) is 16.9 Å². The molecular formula is C18H20N2O7. The number of nitrogens with one attached hydrogen (secondary N) is 1. The Bertz CT molecular complexity index is 932. The summed E-state index contributed by atoms with van der Waals surface area (Å²) in [5.74, 6) is 0.0551. The molecule has 0 amide bonds. The monoisotopic (exact) mass is 376 g/mol. The van der Waals surface area contributed by atoms with E-state index >= 15 is 0 Å². The summed E-state index contributed by atoms with van der Waals surface area (Å²) in [6.45, 7) is 1.40. The number of H-pyrrole nitrogens is 1. The lowest BCUT2D eigenvalue weighted by atomic mass is 10.2. The SMILES string of the molecule is COc1ccc(C(=O)OC[C@H]2O[C@@H](n3cc(C)c(=O)[nH]c3=O)C[C@H]2O)cc1. The van der Waals surface area contributed by atoms with Crippen LogP contribution in [-0.2, 0) is 9.47 Å². The molecule has 0 aliphatic carbocycles. The predicted octanol–water partition coefficient (Wildman–Crippen LogP) is 0.359. The van der Waals surface area contributed by atoms with E-state index in [0.717, 1.165) is 0 Å². The van der Waals surface area contributed by atoms with Gasteiger partial charge in [0.1, 0.15) is 24.7 Å². The maximum atomic E-state index is 12.1. The van der Waals surface area contributed by atoms with E-state index in [1.54, 1.807) is 31.2 Å². The van der Waals surface area contributed by atoms with Crippen LogP contribution >= 0.6 is 0 Å².